The van der Waals surface area contributed by atoms with Gasteiger partial charge in [-0.25, -0.2) is 0 Å². The van der Waals surface area contributed by atoms with Gasteiger partial charge in [0.1, 0.15) is 5.75 Å². The number of ether oxygens (including phenoxy) is 1. The highest BCUT2D eigenvalue weighted by Crippen LogP contribution is 2.26. The molecule has 0 saturated carbocycles. The van der Waals surface area contributed by atoms with Crippen LogP contribution in [0.1, 0.15) is 12.0 Å². The highest BCUT2D eigenvalue weighted by Gasteiger charge is 2.23. The molecule has 5 heteroatoms. The van der Waals surface area contributed by atoms with Crippen molar-refractivity contribution >= 4 is 39.2 Å². The minimum absolute atomic E-state index is 0.603. The number of hydrogen-bond acceptors (Lipinski definition) is 1. The average molecular weight is 284 g/mol. The van der Waals surface area contributed by atoms with Gasteiger partial charge in [0.2, 0.25) is 0 Å². The summed E-state index contributed by atoms with van der Waals surface area (Å²) >= 11 is 17.3. The average Bonchev–Trinajstić information content (AvgIpc) is 2.13. The van der Waals surface area contributed by atoms with Crippen LogP contribution in [0.2, 0.25) is 6.04 Å². The van der Waals surface area contributed by atoms with Gasteiger partial charge in [-0.3, -0.25) is 0 Å². The molecule has 0 heterocycles. The smallest absolute Gasteiger partial charge is 0.341 e. The van der Waals surface area contributed by atoms with Crippen LogP contribution in [0.5, 0.6) is 5.75 Å². The van der Waals surface area contributed by atoms with Crippen LogP contribution in [0.15, 0.2) is 24.3 Å². The van der Waals surface area contributed by atoms with Crippen LogP contribution in [0.3, 0.4) is 0 Å². The van der Waals surface area contributed by atoms with Crippen LogP contribution >= 0.6 is 33.2 Å². The van der Waals surface area contributed by atoms with Gasteiger partial charge in [0.25, 0.3) is 0 Å². The maximum Gasteiger partial charge on any atom is 0.341 e. The predicted molar refractivity (Wildman–Crippen MR) is 69.4 cm³/mol. The second-order valence-electron chi connectivity index (χ2n) is 3.33. The van der Waals surface area contributed by atoms with E-state index in [0.29, 0.717) is 12.7 Å². The second-order valence-corrected chi connectivity index (χ2v) is 12.6. The summed E-state index contributed by atoms with van der Waals surface area (Å²) in [5.41, 5.74) is 1.13. The van der Waals surface area contributed by atoms with Crippen molar-refractivity contribution in [1.82, 2.24) is 0 Å². The number of para-hydroxylation sites is 1. The van der Waals surface area contributed by atoms with Gasteiger partial charge in [-0.1, -0.05) is 18.2 Å². The van der Waals surface area contributed by atoms with E-state index in [2.05, 4.69) is 0 Å². The van der Waals surface area contributed by atoms with Crippen LogP contribution in [-0.4, -0.2) is 12.6 Å². The van der Waals surface area contributed by atoms with Crippen LogP contribution in [0.4, 0.5) is 0 Å². The van der Waals surface area contributed by atoms with E-state index in [1.807, 2.05) is 31.2 Å². The summed E-state index contributed by atoms with van der Waals surface area (Å²) in [6.45, 7) is 2.62. The van der Waals surface area contributed by atoms with Crippen molar-refractivity contribution in [3.8, 4) is 5.75 Å². The Balaban J connectivity index is 2.30. The first-order chi connectivity index (χ1) is 6.99. The van der Waals surface area contributed by atoms with Crippen LogP contribution in [0.25, 0.3) is 0 Å². The Kier molecular flexibility index (Phi) is 5.26. The Hall–Kier alpha value is 0.107. The van der Waals surface area contributed by atoms with Gasteiger partial charge in [-0.15, -0.1) is 33.2 Å². The zero-order valence-electron chi connectivity index (χ0n) is 8.47. The lowest BCUT2D eigenvalue weighted by Gasteiger charge is -2.10. The van der Waals surface area contributed by atoms with Gasteiger partial charge in [-0.2, -0.15) is 0 Å². The molecule has 0 spiro atoms. The van der Waals surface area contributed by atoms with Crippen molar-refractivity contribution in [2.75, 3.05) is 6.61 Å². The van der Waals surface area contributed by atoms with E-state index in [1.54, 1.807) is 0 Å². The molecule has 0 amide bonds. The van der Waals surface area contributed by atoms with Crippen molar-refractivity contribution < 1.29 is 4.74 Å². The molecule has 84 valence electrons. The number of rotatable bonds is 5. The van der Waals surface area contributed by atoms with Gasteiger partial charge in [0.15, 0.2) is 0 Å². The molecule has 0 radical (unpaired) electrons. The van der Waals surface area contributed by atoms with Crippen molar-refractivity contribution in [1.29, 1.82) is 0 Å². The lowest BCUT2D eigenvalue weighted by Crippen LogP contribution is -2.10. The van der Waals surface area contributed by atoms with Crippen LogP contribution in [0, 0.1) is 6.92 Å². The van der Waals surface area contributed by atoms with Crippen molar-refractivity contribution in [3.05, 3.63) is 29.8 Å². The number of aryl methyl sites for hydroxylation is 1. The molecule has 1 nitrogen and oxygen atoms in total. The quantitative estimate of drug-likeness (QED) is 0.441. The van der Waals surface area contributed by atoms with E-state index in [4.69, 9.17) is 38.0 Å². The van der Waals surface area contributed by atoms with E-state index < -0.39 is 6.00 Å². The highest BCUT2D eigenvalue weighted by molar-refractivity contribution is 7.64. The third-order valence-corrected chi connectivity index (χ3v) is 4.58. The first-order valence-corrected chi connectivity index (χ1v) is 9.98. The molecule has 0 aromatic heterocycles. The molecule has 0 aliphatic carbocycles. The van der Waals surface area contributed by atoms with E-state index in [-0.39, 0.29) is 0 Å². The maximum atomic E-state index is 5.76. The molecule has 1 aromatic carbocycles. The van der Waals surface area contributed by atoms with Gasteiger partial charge in [0.05, 0.1) is 6.61 Å². The predicted octanol–water partition coefficient (Wildman–Crippen LogP) is 4.42. The normalized spacial score (nSPS) is 11.5. The summed E-state index contributed by atoms with van der Waals surface area (Å²) in [7, 11) is 0. The topological polar surface area (TPSA) is 9.23 Å². The first kappa shape index (κ1) is 13.2. The summed E-state index contributed by atoms with van der Waals surface area (Å²) in [6.07, 6.45) is 0.789. The molecule has 15 heavy (non-hydrogen) atoms. The monoisotopic (exact) mass is 282 g/mol. The SMILES string of the molecule is Cc1ccccc1OCCC[Si](Cl)(Cl)Cl. The van der Waals surface area contributed by atoms with Gasteiger partial charge in [0, 0.05) is 0 Å². The molecule has 0 atom stereocenters. The molecule has 0 aliphatic rings. The molecule has 0 fully saturated rings. The van der Waals surface area contributed by atoms with Gasteiger partial charge in [-0.05, 0) is 31.0 Å². The van der Waals surface area contributed by atoms with Crippen molar-refractivity contribution in [2.24, 2.45) is 0 Å². The van der Waals surface area contributed by atoms with E-state index in [9.17, 15) is 0 Å². The molecule has 0 bridgehead atoms. The highest BCUT2D eigenvalue weighted by atomic mass is 35.8. The summed E-state index contributed by atoms with van der Waals surface area (Å²) < 4.78 is 5.58. The molecule has 0 unspecified atom stereocenters. The van der Waals surface area contributed by atoms with Crippen molar-refractivity contribution in [3.63, 3.8) is 0 Å². The van der Waals surface area contributed by atoms with Crippen molar-refractivity contribution in [2.45, 2.75) is 19.4 Å². The molecule has 1 aromatic rings. The summed E-state index contributed by atoms with van der Waals surface area (Å²) in [5.74, 6) is 0.906. The molecule has 1 rings (SSSR count). The third kappa shape index (κ3) is 5.66. The number of halogens is 3. The molecular formula is C10H13Cl3OSi. The van der Waals surface area contributed by atoms with Gasteiger partial charge >= 0.3 is 6.00 Å². The zero-order chi connectivity index (χ0) is 11.3. The molecule has 0 N–H and O–H groups in total. The summed E-state index contributed by atoms with van der Waals surface area (Å²) in [6, 6.07) is 6.06. The maximum absolute atomic E-state index is 5.76. The minimum Gasteiger partial charge on any atom is -0.493 e. The Morgan fingerprint density at radius 2 is 1.87 bits per heavy atom. The first-order valence-electron chi connectivity index (χ1n) is 4.74. The number of benzene rings is 1. The minimum atomic E-state index is -2.47. The van der Waals surface area contributed by atoms with E-state index in [0.717, 1.165) is 17.7 Å². The fraction of sp³-hybridized carbons (Fsp3) is 0.400. The third-order valence-electron chi connectivity index (χ3n) is 1.96. The van der Waals surface area contributed by atoms with E-state index >= 15 is 0 Å². The fourth-order valence-electron chi connectivity index (χ4n) is 1.17. The van der Waals surface area contributed by atoms with E-state index in [1.165, 1.54) is 0 Å². The van der Waals surface area contributed by atoms with Crippen LogP contribution < -0.4 is 4.74 Å². The Labute approximate surface area is 105 Å². The Morgan fingerprint density at radius 1 is 1.20 bits per heavy atom. The number of hydrogen-bond donors (Lipinski definition) is 0. The largest absolute Gasteiger partial charge is 0.493 e. The molecule has 0 aliphatic heterocycles. The Bertz CT molecular complexity index is 312. The second kappa shape index (κ2) is 5.99. The zero-order valence-corrected chi connectivity index (χ0v) is 11.7. The fourth-order valence-corrected chi connectivity index (χ4v) is 2.92. The molecule has 0 saturated heterocycles. The summed E-state index contributed by atoms with van der Waals surface area (Å²) in [4.78, 5) is 0. The van der Waals surface area contributed by atoms with Gasteiger partial charge < -0.3 is 4.74 Å². The lowest BCUT2D eigenvalue weighted by atomic mass is 10.2. The molecular weight excluding hydrogens is 271 g/mol. The summed E-state index contributed by atoms with van der Waals surface area (Å²) in [5, 5.41) is 0. The standard InChI is InChI=1S/C10H13Cl3OSi/c1-9-5-2-3-6-10(9)14-7-4-8-15(11,12)13/h2-3,5-6H,4,7-8H2,1H3. The lowest BCUT2D eigenvalue weighted by molar-refractivity contribution is 0.315. The van der Waals surface area contributed by atoms with Crippen LogP contribution in [-0.2, 0) is 0 Å². The Morgan fingerprint density at radius 3 is 2.47 bits per heavy atom.